The quantitative estimate of drug-likeness (QED) is 0.0364. The van der Waals surface area contributed by atoms with Gasteiger partial charge in [0.15, 0.2) is 0 Å². The van der Waals surface area contributed by atoms with Crippen molar-refractivity contribution in [1.82, 2.24) is 5.32 Å². The van der Waals surface area contributed by atoms with Crippen molar-refractivity contribution in [3.63, 3.8) is 0 Å². The Labute approximate surface area is 361 Å². The van der Waals surface area contributed by atoms with E-state index in [4.69, 9.17) is 0 Å². The number of carbonyl (C=O) groups is 1. The molecule has 0 radical (unpaired) electrons. The van der Waals surface area contributed by atoms with E-state index in [1.165, 1.54) is 193 Å². The van der Waals surface area contributed by atoms with Gasteiger partial charge in [-0.05, 0) is 70.6 Å². The van der Waals surface area contributed by atoms with Crippen LogP contribution in [0, 0.1) is 0 Å². The maximum absolute atomic E-state index is 12.5. The highest BCUT2D eigenvalue weighted by atomic mass is 16.3. The average molecular weight is 814 g/mol. The molecule has 5 nitrogen and oxygen atoms in total. The molecule has 340 valence electrons. The maximum atomic E-state index is 12.5. The molecule has 1 amide bonds. The normalized spacial score (nSPS) is 13.8. The predicted octanol–water partition coefficient (Wildman–Crippen LogP) is 15.3. The van der Waals surface area contributed by atoms with Crippen LogP contribution in [0.25, 0.3) is 0 Å². The molecule has 0 aromatic carbocycles. The van der Waals surface area contributed by atoms with Crippen LogP contribution in [0.5, 0.6) is 0 Å². The Bertz CT molecular complexity index is 943. The lowest BCUT2D eigenvalue weighted by Gasteiger charge is -2.21. The fourth-order valence-electron chi connectivity index (χ4n) is 7.62. The Morgan fingerprint density at radius 1 is 0.414 bits per heavy atom. The fourth-order valence-corrected chi connectivity index (χ4v) is 7.62. The molecule has 3 unspecified atom stereocenters. The van der Waals surface area contributed by atoms with Crippen LogP contribution in [0.3, 0.4) is 0 Å². The largest absolute Gasteiger partial charge is 0.394 e. The van der Waals surface area contributed by atoms with E-state index >= 15 is 0 Å². The van der Waals surface area contributed by atoms with Gasteiger partial charge in [0.2, 0.25) is 5.91 Å². The Morgan fingerprint density at radius 3 is 1.05 bits per heavy atom. The van der Waals surface area contributed by atoms with E-state index < -0.39 is 24.2 Å². The first-order chi connectivity index (χ1) is 28.6. The summed E-state index contributed by atoms with van der Waals surface area (Å²) in [6.45, 7) is 4.18. The van der Waals surface area contributed by atoms with Crippen molar-refractivity contribution >= 4 is 5.91 Å². The lowest BCUT2D eigenvalue weighted by atomic mass is 10.0. The van der Waals surface area contributed by atoms with Gasteiger partial charge in [-0.15, -0.1) is 0 Å². The molecule has 0 heterocycles. The van der Waals surface area contributed by atoms with Crippen LogP contribution in [-0.2, 0) is 4.79 Å². The molecule has 0 aromatic rings. The molecule has 58 heavy (non-hydrogen) atoms. The summed E-state index contributed by atoms with van der Waals surface area (Å²) in [4.78, 5) is 12.5. The summed E-state index contributed by atoms with van der Waals surface area (Å²) >= 11 is 0. The summed E-state index contributed by atoms with van der Waals surface area (Å²) in [6.07, 6.45) is 63.1. The predicted molar refractivity (Wildman–Crippen MR) is 254 cm³/mol. The zero-order valence-electron chi connectivity index (χ0n) is 38.7. The molecule has 4 N–H and O–H groups in total. The number of nitrogens with one attached hydrogen (secondary N) is 1. The van der Waals surface area contributed by atoms with E-state index in [1.807, 2.05) is 6.08 Å². The third kappa shape index (κ3) is 42.4. The van der Waals surface area contributed by atoms with Crippen LogP contribution >= 0.6 is 0 Å². The molecule has 0 aliphatic carbocycles. The van der Waals surface area contributed by atoms with E-state index in [0.29, 0.717) is 6.42 Å². The van der Waals surface area contributed by atoms with Gasteiger partial charge in [0.25, 0.3) is 0 Å². The number of rotatable bonds is 46. The topological polar surface area (TPSA) is 89.8 Å². The summed E-state index contributed by atoms with van der Waals surface area (Å²) in [5.41, 5.74) is 0. The highest BCUT2D eigenvalue weighted by Crippen LogP contribution is 2.15. The van der Waals surface area contributed by atoms with Crippen LogP contribution < -0.4 is 5.32 Å². The Hall–Kier alpha value is -1.69. The maximum Gasteiger partial charge on any atom is 0.249 e. The van der Waals surface area contributed by atoms with Crippen LogP contribution in [0.1, 0.15) is 258 Å². The molecule has 0 aromatic heterocycles. The van der Waals surface area contributed by atoms with Crippen molar-refractivity contribution in [3.05, 3.63) is 48.6 Å². The minimum absolute atomic E-state index is 0.382. The number of aliphatic hydroxyl groups is 3. The number of allylic oxidation sites excluding steroid dienone is 7. The molecule has 0 saturated carbocycles. The number of hydrogen-bond acceptors (Lipinski definition) is 4. The minimum atomic E-state index is -1.11. The highest BCUT2D eigenvalue weighted by molar-refractivity contribution is 5.80. The molecule has 0 aliphatic rings. The molecule has 5 heteroatoms. The van der Waals surface area contributed by atoms with Crippen LogP contribution in [-0.4, -0.2) is 46.1 Å². The number of aliphatic hydroxyl groups excluding tert-OH is 3. The Kier molecular flexibility index (Phi) is 46.6. The fraction of sp³-hybridized carbons (Fsp3) is 0.830. The number of hydrogen-bond donors (Lipinski definition) is 4. The SMILES string of the molecule is CCCCCCCCCC/C=C/CC/C=C/CC/C=C/C(O)C(CO)NC(=O)C(O)CCCCCCCCCCCC/C=C\CCCCCCCCCCCCCC. The Balaban J connectivity index is 3.66. The van der Waals surface area contributed by atoms with Crippen molar-refractivity contribution < 1.29 is 20.1 Å². The second-order valence-corrected chi connectivity index (χ2v) is 17.4. The van der Waals surface area contributed by atoms with E-state index in [-0.39, 0.29) is 6.61 Å². The van der Waals surface area contributed by atoms with Crippen molar-refractivity contribution in [2.24, 2.45) is 0 Å². The molecule has 3 atom stereocenters. The van der Waals surface area contributed by atoms with Gasteiger partial charge in [-0.3, -0.25) is 4.79 Å². The lowest BCUT2D eigenvalue weighted by Crippen LogP contribution is -2.48. The summed E-state index contributed by atoms with van der Waals surface area (Å²) in [7, 11) is 0. The monoisotopic (exact) mass is 814 g/mol. The van der Waals surface area contributed by atoms with Crippen LogP contribution in [0.15, 0.2) is 48.6 Å². The van der Waals surface area contributed by atoms with E-state index in [1.54, 1.807) is 6.08 Å². The van der Waals surface area contributed by atoms with Gasteiger partial charge in [0, 0.05) is 0 Å². The zero-order chi connectivity index (χ0) is 42.3. The van der Waals surface area contributed by atoms with Gasteiger partial charge in [-0.25, -0.2) is 0 Å². The van der Waals surface area contributed by atoms with E-state index in [9.17, 15) is 20.1 Å². The number of carbonyl (C=O) groups excluding carboxylic acids is 1. The summed E-state index contributed by atoms with van der Waals surface area (Å²) in [6, 6.07) is -0.822. The standard InChI is InChI=1S/C53H99NO4/c1-3-5-7-9-11-13-15-17-19-21-23-24-25-26-27-28-29-30-32-34-36-38-40-42-44-46-48-52(57)53(58)54-50(49-55)51(56)47-45-43-41-39-37-35-33-31-22-20-18-16-14-12-10-8-6-4-2/h22,26-27,31,37,39,45,47,50-52,55-57H,3-21,23-25,28-30,32-36,38,40-44,46,48-49H2,1-2H3,(H,54,58)/b27-26-,31-22+,39-37+,47-45+. The van der Waals surface area contributed by atoms with Crippen molar-refractivity contribution in [3.8, 4) is 0 Å². The summed E-state index contributed by atoms with van der Waals surface area (Å²) < 4.78 is 0. The van der Waals surface area contributed by atoms with E-state index in [0.717, 1.165) is 44.9 Å². The van der Waals surface area contributed by atoms with Crippen molar-refractivity contribution in [2.75, 3.05) is 6.61 Å². The molecule has 0 rings (SSSR count). The van der Waals surface area contributed by atoms with Gasteiger partial charge in [-0.2, -0.15) is 0 Å². The molecule has 0 saturated heterocycles. The van der Waals surface area contributed by atoms with Crippen LogP contribution in [0.2, 0.25) is 0 Å². The first-order valence-electron chi connectivity index (χ1n) is 25.5. The molecular formula is C53H99NO4. The van der Waals surface area contributed by atoms with Gasteiger partial charge < -0.3 is 20.6 Å². The second kappa shape index (κ2) is 48.0. The van der Waals surface area contributed by atoms with Gasteiger partial charge in [0.05, 0.1) is 18.8 Å². The van der Waals surface area contributed by atoms with Crippen molar-refractivity contribution in [2.45, 2.75) is 276 Å². The lowest BCUT2D eigenvalue weighted by molar-refractivity contribution is -0.131. The second-order valence-electron chi connectivity index (χ2n) is 17.4. The van der Waals surface area contributed by atoms with Crippen molar-refractivity contribution in [1.29, 1.82) is 0 Å². The first-order valence-corrected chi connectivity index (χ1v) is 25.5. The van der Waals surface area contributed by atoms with Gasteiger partial charge >= 0.3 is 0 Å². The van der Waals surface area contributed by atoms with E-state index in [2.05, 4.69) is 55.6 Å². The molecule has 0 spiro atoms. The summed E-state index contributed by atoms with van der Waals surface area (Å²) in [5.74, 6) is -0.517. The third-order valence-corrected chi connectivity index (χ3v) is 11.6. The highest BCUT2D eigenvalue weighted by Gasteiger charge is 2.22. The molecular weight excluding hydrogens is 715 g/mol. The number of amides is 1. The minimum Gasteiger partial charge on any atom is -0.394 e. The average Bonchev–Trinajstić information content (AvgIpc) is 3.23. The Morgan fingerprint density at radius 2 is 0.707 bits per heavy atom. The number of unbranched alkanes of at least 4 members (excludes halogenated alkanes) is 32. The third-order valence-electron chi connectivity index (χ3n) is 11.6. The molecule has 0 bridgehead atoms. The smallest absolute Gasteiger partial charge is 0.249 e. The molecule has 0 fully saturated rings. The van der Waals surface area contributed by atoms with Gasteiger partial charge in [0.1, 0.15) is 6.10 Å². The first kappa shape index (κ1) is 56.3. The van der Waals surface area contributed by atoms with Gasteiger partial charge in [-0.1, -0.05) is 236 Å². The molecule has 0 aliphatic heterocycles. The zero-order valence-corrected chi connectivity index (χ0v) is 38.7. The van der Waals surface area contributed by atoms with Crippen LogP contribution in [0.4, 0.5) is 0 Å². The summed E-state index contributed by atoms with van der Waals surface area (Å²) in [5, 5.41) is 33.2.